The molecule has 0 saturated heterocycles. The van der Waals surface area contributed by atoms with Crippen LogP contribution < -0.4 is 4.74 Å². The summed E-state index contributed by atoms with van der Waals surface area (Å²) in [6.07, 6.45) is -1.20. The lowest BCUT2D eigenvalue weighted by Gasteiger charge is -2.12. The van der Waals surface area contributed by atoms with E-state index in [1.165, 1.54) is 13.3 Å². The molecule has 0 radical (unpaired) electrons. The van der Waals surface area contributed by atoms with E-state index in [2.05, 4.69) is 4.98 Å². The van der Waals surface area contributed by atoms with Gasteiger partial charge < -0.3 is 4.74 Å². The van der Waals surface area contributed by atoms with Gasteiger partial charge in [0.25, 0.3) is 6.43 Å². The van der Waals surface area contributed by atoms with Crippen LogP contribution in [0.25, 0.3) is 0 Å². The number of rotatable bonds is 3. The van der Waals surface area contributed by atoms with E-state index in [0.717, 1.165) is 0 Å². The maximum absolute atomic E-state index is 12.6. The number of nitrogens with zero attached hydrogens (tertiary/aromatic N) is 1. The van der Waals surface area contributed by atoms with Gasteiger partial charge in [-0.15, -0.1) is 11.6 Å². The minimum atomic E-state index is -2.55. The molecule has 0 saturated carbocycles. The molecule has 0 fully saturated rings. The molecule has 2 nitrogen and oxygen atoms in total. The first-order valence-corrected chi connectivity index (χ1v) is 4.51. The molecule has 14 heavy (non-hydrogen) atoms. The number of aryl methyl sites for hydroxylation is 1. The highest BCUT2D eigenvalue weighted by molar-refractivity contribution is 6.17. The van der Waals surface area contributed by atoms with E-state index >= 15 is 0 Å². The Kier molecular flexibility index (Phi) is 3.63. The largest absolute Gasteiger partial charge is 0.481 e. The Hall–Kier alpha value is -0.900. The summed E-state index contributed by atoms with van der Waals surface area (Å²) in [7, 11) is 1.38. The topological polar surface area (TPSA) is 22.1 Å². The van der Waals surface area contributed by atoms with Crippen molar-refractivity contribution in [3.8, 4) is 5.88 Å². The van der Waals surface area contributed by atoms with Crippen molar-refractivity contribution in [3.05, 3.63) is 22.9 Å². The molecule has 1 aromatic heterocycles. The van der Waals surface area contributed by atoms with Crippen molar-refractivity contribution in [2.75, 3.05) is 7.11 Å². The first-order chi connectivity index (χ1) is 6.61. The van der Waals surface area contributed by atoms with Crippen molar-refractivity contribution in [3.63, 3.8) is 0 Å². The Morgan fingerprint density at radius 2 is 2.21 bits per heavy atom. The number of alkyl halides is 3. The highest BCUT2D eigenvalue weighted by Crippen LogP contribution is 2.31. The van der Waals surface area contributed by atoms with Gasteiger partial charge in [0, 0.05) is 17.3 Å². The number of methoxy groups -OCH3 is 1. The predicted molar refractivity (Wildman–Crippen MR) is 50.0 cm³/mol. The summed E-state index contributed by atoms with van der Waals surface area (Å²) >= 11 is 5.58. The molecule has 0 atom stereocenters. The molecular weight excluding hydrogens is 212 g/mol. The van der Waals surface area contributed by atoms with Gasteiger partial charge in [-0.05, 0) is 12.5 Å². The lowest BCUT2D eigenvalue weighted by Crippen LogP contribution is -2.02. The molecule has 5 heteroatoms. The second kappa shape index (κ2) is 4.55. The van der Waals surface area contributed by atoms with E-state index in [4.69, 9.17) is 16.3 Å². The zero-order valence-corrected chi connectivity index (χ0v) is 8.61. The quantitative estimate of drug-likeness (QED) is 0.732. The van der Waals surface area contributed by atoms with E-state index in [0.29, 0.717) is 5.56 Å². The van der Waals surface area contributed by atoms with E-state index in [9.17, 15) is 8.78 Å². The predicted octanol–water partition coefficient (Wildman–Crippen LogP) is 3.08. The van der Waals surface area contributed by atoms with Crippen LogP contribution in [0.15, 0.2) is 6.20 Å². The average Bonchev–Trinajstić information content (AvgIpc) is 2.16. The number of halogens is 3. The highest BCUT2D eigenvalue weighted by Gasteiger charge is 2.19. The normalized spacial score (nSPS) is 10.7. The smallest absolute Gasteiger partial charge is 0.264 e. The molecule has 0 unspecified atom stereocenters. The Morgan fingerprint density at radius 3 is 2.64 bits per heavy atom. The van der Waals surface area contributed by atoms with Gasteiger partial charge in [0.15, 0.2) is 0 Å². The Labute approximate surface area is 85.9 Å². The van der Waals surface area contributed by atoms with Gasteiger partial charge in [-0.25, -0.2) is 13.8 Å². The number of aromatic nitrogens is 1. The standard InChI is InChI=1S/C9H10ClF2NO/c1-5-4-13-9(14-2)6(3-10)7(5)8(11)12/h4,8H,3H2,1-2H3. The van der Waals surface area contributed by atoms with E-state index in [1.807, 2.05) is 0 Å². The van der Waals surface area contributed by atoms with Crippen LogP contribution in [0.3, 0.4) is 0 Å². The zero-order chi connectivity index (χ0) is 10.7. The Balaban J connectivity index is 3.35. The first kappa shape index (κ1) is 11.2. The molecule has 0 amide bonds. The van der Waals surface area contributed by atoms with Crippen molar-refractivity contribution in [1.29, 1.82) is 0 Å². The summed E-state index contributed by atoms with van der Waals surface area (Å²) in [5.74, 6) is 0.137. The van der Waals surface area contributed by atoms with E-state index < -0.39 is 6.43 Å². The minimum Gasteiger partial charge on any atom is -0.481 e. The van der Waals surface area contributed by atoms with Crippen LogP contribution in [0.2, 0.25) is 0 Å². The maximum atomic E-state index is 12.6. The van der Waals surface area contributed by atoms with Crippen molar-refractivity contribution in [1.82, 2.24) is 4.98 Å². The Morgan fingerprint density at radius 1 is 1.57 bits per heavy atom. The fourth-order valence-electron chi connectivity index (χ4n) is 1.26. The minimum absolute atomic E-state index is 0.0302. The van der Waals surface area contributed by atoms with Gasteiger partial charge in [-0.3, -0.25) is 0 Å². The summed E-state index contributed by atoms with van der Waals surface area (Å²) in [4.78, 5) is 3.87. The van der Waals surface area contributed by atoms with Crippen LogP contribution in [-0.4, -0.2) is 12.1 Å². The second-order valence-electron chi connectivity index (χ2n) is 2.78. The molecule has 0 N–H and O–H groups in total. The summed E-state index contributed by atoms with van der Waals surface area (Å²) in [6, 6.07) is 0. The molecular formula is C9H10ClF2NO. The third-order valence-corrected chi connectivity index (χ3v) is 2.20. The van der Waals surface area contributed by atoms with Crippen LogP contribution in [0, 0.1) is 6.92 Å². The van der Waals surface area contributed by atoms with Crippen molar-refractivity contribution >= 4 is 11.6 Å². The fraction of sp³-hybridized carbons (Fsp3) is 0.444. The molecule has 0 spiro atoms. The van der Waals surface area contributed by atoms with Crippen LogP contribution in [0.1, 0.15) is 23.1 Å². The van der Waals surface area contributed by atoms with Crippen molar-refractivity contribution in [2.24, 2.45) is 0 Å². The molecule has 1 aromatic rings. The summed E-state index contributed by atoms with van der Waals surface area (Å²) in [6.45, 7) is 1.57. The van der Waals surface area contributed by atoms with Crippen LogP contribution >= 0.6 is 11.6 Å². The Bertz CT molecular complexity index is 331. The van der Waals surface area contributed by atoms with Crippen molar-refractivity contribution in [2.45, 2.75) is 19.2 Å². The van der Waals surface area contributed by atoms with Gasteiger partial charge in [0.2, 0.25) is 5.88 Å². The van der Waals surface area contributed by atoms with Crippen LogP contribution in [0.5, 0.6) is 5.88 Å². The van der Waals surface area contributed by atoms with Crippen LogP contribution in [0.4, 0.5) is 8.78 Å². The van der Waals surface area contributed by atoms with Gasteiger partial charge in [0.1, 0.15) is 0 Å². The van der Waals surface area contributed by atoms with Crippen molar-refractivity contribution < 1.29 is 13.5 Å². The number of hydrogen-bond donors (Lipinski definition) is 0. The summed E-state index contributed by atoms with van der Waals surface area (Å²) in [5, 5.41) is 0. The summed E-state index contributed by atoms with van der Waals surface area (Å²) < 4.78 is 30.2. The van der Waals surface area contributed by atoms with E-state index in [-0.39, 0.29) is 22.9 Å². The lowest BCUT2D eigenvalue weighted by molar-refractivity contribution is 0.149. The monoisotopic (exact) mass is 221 g/mol. The first-order valence-electron chi connectivity index (χ1n) is 3.98. The average molecular weight is 222 g/mol. The number of ether oxygens (including phenoxy) is 1. The maximum Gasteiger partial charge on any atom is 0.264 e. The SMILES string of the molecule is COc1ncc(C)c(C(F)F)c1CCl. The molecule has 1 heterocycles. The lowest BCUT2D eigenvalue weighted by atomic mass is 10.1. The third kappa shape index (κ3) is 1.95. The van der Waals surface area contributed by atoms with Gasteiger partial charge in [-0.1, -0.05) is 0 Å². The van der Waals surface area contributed by atoms with Gasteiger partial charge in [-0.2, -0.15) is 0 Å². The zero-order valence-electron chi connectivity index (χ0n) is 7.85. The third-order valence-electron chi connectivity index (χ3n) is 1.93. The molecule has 0 aromatic carbocycles. The molecule has 0 bridgehead atoms. The molecule has 0 aliphatic carbocycles. The van der Waals surface area contributed by atoms with E-state index in [1.54, 1.807) is 6.92 Å². The molecule has 0 aliphatic rings. The molecule has 78 valence electrons. The number of pyridine rings is 1. The van der Waals surface area contributed by atoms with Gasteiger partial charge >= 0.3 is 0 Å². The van der Waals surface area contributed by atoms with Crippen LogP contribution in [-0.2, 0) is 5.88 Å². The second-order valence-corrected chi connectivity index (χ2v) is 3.04. The number of hydrogen-bond acceptors (Lipinski definition) is 2. The highest BCUT2D eigenvalue weighted by atomic mass is 35.5. The summed E-state index contributed by atoms with van der Waals surface area (Å²) in [5.41, 5.74) is 0.618. The molecule has 0 aliphatic heterocycles. The molecule has 1 rings (SSSR count). The van der Waals surface area contributed by atoms with Gasteiger partial charge in [0.05, 0.1) is 13.0 Å². The fourth-order valence-corrected chi connectivity index (χ4v) is 1.52.